The molecule has 0 saturated carbocycles. The predicted octanol–water partition coefficient (Wildman–Crippen LogP) is 0.688. The van der Waals surface area contributed by atoms with Crippen LogP contribution in [0.5, 0.6) is 0 Å². The molecule has 1 saturated heterocycles. The summed E-state index contributed by atoms with van der Waals surface area (Å²) in [5.41, 5.74) is 0. The molecule has 4 heteroatoms. The van der Waals surface area contributed by atoms with Gasteiger partial charge in [0.15, 0.2) is 0 Å². The molecule has 0 aromatic carbocycles. The van der Waals surface area contributed by atoms with Gasteiger partial charge in [-0.15, -0.1) is 6.58 Å². The zero-order valence-electron chi connectivity index (χ0n) is 9.32. The second kappa shape index (κ2) is 4.96. The fourth-order valence-corrected chi connectivity index (χ4v) is 1.80. The number of nitrogens with one attached hydrogen (secondary N) is 1. The molecule has 0 aliphatic carbocycles. The zero-order valence-corrected chi connectivity index (χ0v) is 9.32. The van der Waals surface area contributed by atoms with Crippen LogP contribution in [0, 0.1) is 0 Å². The highest BCUT2D eigenvalue weighted by atomic mass is 16.2. The van der Waals surface area contributed by atoms with Crippen molar-refractivity contribution < 1.29 is 9.59 Å². The summed E-state index contributed by atoms with van der Waals surface area (Å²) >= 11 is 0. The number of carbonyl (C=O) groups excluding carboxylic acids is 2. The van der Waals surface area contributed by atoms with Crippen LogP contribution in [0.15, 0.2) is 12.7 Å². The molecule has 0 radical (unpaired) electrons. The van der Waals surface area contributed by atoms with Crippen LogP contribution in [0.25, 0.3) is 0 Å². The van der Waals surface area contributed by atoms with Crippen molar-refractivity contribution in [1.29, 1.82) is 0 Å². The zero-order chi connectivity index (χ0) is 11.4. The molecule has 84 valence electrons. The quantitative estimate of drug-likeness (QED) is 0.697. The van der Waals surface area contributed by atoms with Gasteiger partial charge in [-0.3, -0.25) is 9.59 Å². The van der Waals surface area contributed by atoms with Crippen molar-refractivity contribution in [3.8, 4) is 0 Å². The van der Waals surface area contributed by atoms with Crippen LogP contribution in [0.1, 0.15) is 26.7 Å². The summed E-state index contributed by atoms with van der Waals surface area (Å²) in [6.45, 7) is 7.91. The molecule has 1 fully saturated rings. The largest absolute Gasteiger partial charge is 0.344 e. The van der Waals surface area contributed by atoms with Gasteiger partial charge in [-0.05, 0) is 13.3 Å². The first-order chi connectivity index (χ1) is 7.10. The number of hydrogen-bond acceptors (Lipinski definition) is 2. The normalized spacial score (nSPS) is 27.2. The van der Waals surface area contributed by atoms with Gasteiger partial charge >= 0.3 is 0 Å². The van der Waals surface area contributed by atoms with Crippen LogP contribution >= 0.6 is 0 Å². The maximum atomic E-state index is 12.0. The molecule has 0 bridgehead atoms. The lowest BCUT2D eigenvalue weighted by Gasteiger charge is -2.27. The third-order valence-corrected chi connectivity index (χ3v) is 2.66. The van der Waals surface area contributed by atoms with Gasteiger partial charge in [0.2, 0.25) is 11.8 Å². The van der Waals surface area contributed by atoms with Crippen molar-refractivity contribution >= 4 is 11.8 Å². The van der Waals surface area contributed by atoms with E-state index in [1.807, 2.05) is 13.8 Å². The second-order valence-electron chi connectivity index (χ2n) is 3.86. The van der Waals surface area contributed by atoms with E-state index in [0.29, 0.717) is 19.4 Å². The Morgan fingerprint density at radius 1 is 1.60 bits per heavy atom. The number of hydrogen-bond donors (Lipinski definition) is 1. The molecular formula is C11H18N2O2. The highest BCUT2D eigenvalue weighted by Gasteiger charge is 2.31. The van der Waals surface area contributed by atoms with Crippen molar-refractivity contribution in [2.24, 2.45) is 0 Å². The van der Waals surface area contributed by atoms with Crippen LogP contribution in [0.2, 0.25) is 0 Å². The third kappa shape index (κ3) is 2.58. The molecule has 15 heavy (non-hydrogen) atoms. The Labute approximate surface area is 90.3 Å². The SMILES string of the molecule is C=CCN1C(=O)C(CC)NC(=O)CC1C. The van der Waals surface area contributed by atoms with Crippen LogP contribution in [0.4, 0.5) is 0 Å². The number of carbonyl (C=O) groups is 2. The number of amides is 2. The molecule has 0 aromatic heterocycles. The summed E-state index contributed by atoms with van der Waals surface area (Å²) in [6.07, 6.45) is 2.69. The van der Waals surface area contributed by atoms with Crippen molar-refractivity contribution in [3.63, 3.8) is 0 Å². The lowest BCUT2D eigenvalue weighted by Crippen LogP contribution is -2.46. The molecule has 1 N–H and O–H groups in total. The van der Waals surface area contributed by atoms with Crippen LogP contribution < -0.4 is 5.32 Å². The third-order valence-electron chi connectivity index (χ3n) is 2.66. The molecule has 1 aliphatic heterocycles. The first kappa shape index (κ1) is 11.8. The van der Waals surface area contributed by atoms with Gasteiger partial charge in [0.25, 0.3) is 0 Å². The summed E-state index contributed by atoms with van der Waals surface area (Å²) in [6, 6.07) is -0.422. The Hall–Kier alpha value is -1.32. The van der Waals surface area contributed by atoms with E-state index < -0.39 is 0 Å². The summed E-state index contributed by atoms with van der Waals surface area (Å²) in [5.74, 6) is -0.0509. The second-order valence-corrected chi connectivity index (χ2v) is 3.86. The highest BCUT2D eigenvalue weighted by molar-refractivity contribution is 5.90. The molecule has 0 spiro atoms. The minimum absolute atomic E-state index is 0.00394. The van der Waals surface area contributed by atoms with Crippen molar-refractivity contribution in [1.82, 2.24) is 10.2 Å². The average Bonchev–Trinajstić information content (AvgIpc) is 2.29. The fraction of sp³-hybridized carbons (Fsp3) is 0.636. The van der Waals surface area contributed by atoms with Crippen LogP contribution in [-0.4, -0.2) is 35.3 Å². The Morgan fingerprint density at radius 2 is 2.27 bits per heavy atom. The molecule has 2 unspecified atom stereocenters. The lowest BCUT2D eigenvalue weighted by molar-refractivity contribution is -0.134. The average molecular weight is 210 g/mol. The first-order valence-corrected chi connectivity index (χ1v) is 5.30. The van der Waals surface area contributed by atoms with Crippen LogP contribution in [-0.2, 0) is 9.59 Å². The lowest BCUT2D eigenvalue weighted by atomic mass is 10.2. The van der Waals surface area contributed by atoms with Crippen molar-refractivity contribution in [3.05, 3.63) is 12.7 Å². The smallest absolute Gasteiger partial charge is 0.245 e. The topological polar surface area (TPSA) is 49.4 Å². The molecule has 0 aromatic rings. The molecular weight excluding hydrogens is 192 g/mol. The number of nitrogens with zero attached hydrogens (tertiary/aromatic N) is 1. The van der Waals surface area contributed by atoms with Gasteiger partial charge in [0, 0.05) is 19.0 Å². The Balaban J connectivity index is 2.87. The summed E-state index contributed by atoms with van der Waals surface area (Å²) in [5, 5.41) is 2.73. The van der Waals surface area contributed by atoms with Gasteiger partial charge < -0.3 is 10.2 Å². The summed E-state index contributed by atoms with van der Waals surface area (Å²) in [7, 11) is 0. The van der Waals surface area contributed by atoms with E-state index in [1.165, 1.54) is 0 Å². The highest BCUT2D eigenvalue weighted by Crippen LogP contribution is 2.12. The van der Waals surface area contributed by atoms with Gasteiger partial charge in [-0.2, -0.15) is 0 Å². The van der Waals surface area contributed by atoms with Gasteiger partial charge in [-0.1, -0.05) is 13.0 Å². The monoisotopic (exact) mass is 210 g/mol. The Bertz CT molecular complexity index is 276. The van der Waals surface area contributed by atoms with Crippen molar-refractivity contribution in [2.45, 2.75) is 38.8 Å². The Morgan fingerprint density at radius 3 is 2.80 bits per heavy atom. The van der Waals surface area contributed by atoms with Crippen molar-refractivity contribution in [2.75, 3.05) is 6.54 Å². The molecule has 2 amide bonds. The van der Waals surface area contributed by atoms with E-state index in [4.69, 9.17) is 0 Å². The molecule has 2 atom stereocenters. The van der Waals surface area contributed by atoms with Gasteiger partial charge in [0.05, 0.1) is 0 Å². The van der Waals surface area contributed by atoms with E-state index >= 15 is 0 Å². The fourth-order valence-electron chi connectivity index (χ4n) is 1.80. The van der Waals surface area contributed by atoms with E-state index in [2.05, 4.69) is 11.9 Å². The summed E-state index contributed by atoms with van der Waals surface area (Å²) < 4.78 is 0. The van der Waals surface area contributed by atoms with E-state index in [0.717, 1.165) is 0 Å². The molecule has 4 nitrogen and oxygen atoms in total. The maximum Gasteiger partial charge on any atom is 0.245 e. The first-order valence-electron chi connectivity index (χ1n) is 5.30. The predicted molar refractivity (Wildman–Crippen MR) is 58.2 cm³/mol. The maximum absolute atomic E-state index is 12.0. The minimum atomic E-state index is -0.373. The summed E-state index contributed by atoms with van der Waals surface area (Å²) in [4.78, 5) is 25.1. The van der Waals surface area contributed by atoms with E-state index in [9.17, 15) is 9.59 Å². The van der Waals surface area contributed by atoms with Gasteiger partial charge in [-0.25, -0.2) is 0 Å². The standard InChI is InChI=1S/C11H18N2O2/c1-4-6-13-8(3)7-10(14)12-9(5-2)11(13)15/h4,8-9H,1,5-7H2,2-3H3,(H,12,14). The van der Waals surface area contributed by atoms with E-state index in [-0.39, 0.29) is 23.9 Å². The number of rotatable bonds is 3. The Kier molecular flexibility index (Phi) is 3.88. The molecule has 1 rings (SSSR count). The molecule has 1 heterocycles. The molecule has 1 aliphatic rings. The van der Waals surface area contributed by atoms with E-state index in [1.54, 1.807) is 11.0 Å². The van der Waals surface area contributed by atoms with Gasteiger partial charge in [0.1, 0.15) is 6.04 Å². The van der Waals surface area contributed by atoms with Crippen LogP contribution in [0.3, 0.4) is 0 Å². The minimum Gasteiger partial charge on any atom is -0.344 e.